The van der Waals surface area contributed by atoms with Gasteiger partial charge in [-0.25, -0.2) is 4.98 Å². The number of nitrogens with one attached hydrogen (secondary N) is 1. The molecular formula is C7H9N7OS. The summed E-state index contributed by atoms with van der Waals surface area (Å²) in [5.41, 5.74) is 5.16. The second kappa shape index (κ2) is 4.31. The second-order valence-electron chi connectivity index (χ2n) is 2.96. The van der Waals surface area contributed by atoms with E-state index in [1.165, 1.54) is 22.6 Å². The lowest BCUT2D eigenvalue weighted by molar-refractivity contribution is 0.628. The van der Waals surface area contributed by atoms with Crippen LogP contribution in [0.15, 0.2) is 16.0 Å². The first kappa shape index (κ1) is 10.6. The van der Waals surface area contributed by atoms with E-state index in [1.807, 2.05) is 0 Å². The summed E-state index contributed by atoms with van der Waals surface area (Å²) in [7, 11) is 1.68. The number of hydrogen-bond donors (Lipinski definition) is 2. The number of H-pyrrole nitrogens is 1. The summed E-state index contributed by atoms with van der Waals surface area (Å²) in [6, 6.07) is 1.23. The van der Waals surface area contributed by atoms with Crippen molar-refractivity contribution >= 4 is 17.6 Å². The number of aryl methyl sites for hydroxylation is 1. The number of thioether (sulfide) groups is 1. The molecule has 0 spiro atoms. The van der Waals surface area contributed by atoms with Crippen molar-refractivity contribution in [2.45, 2.75) is 10.9 Å². The smallest absolute Gasteiger partial charge is 0.253 e. The molecule has 0 aliphatic heterocycles. The molecule has 8 nitrogen and oxygen atoms in total. The first-order chi connectivity index (χ1) is 7.63. The van der Waals surface area contributed by atoms with Gasteiger partial charge in [0.15, 0.2) is 11.0 Å². The van der Waals surface area contributed by atoms with Crippen molar-refractivity contribution < 1.29 is 0 Å². The third-order valence-corrected chi connectivity index (χ3v) is 2.50. The van der Waals surface area contributed by atoms with Gasteiger partial charge in [0.2, 0.25) is 0 Å². The van der Waals surface area contributed by atoms with Crippen LogP contribution in [0.2, 0.25) is 0 Å². The molecule has 9 heteroatoms. The molecule has 0 aromatic carbocycles. The normalized spacial score (nSPS) is 10.6. The van der Waals surface area contributed by atoms with Crippen LogP contribution >= 0.6 is 11.8 Å². The number of anilines is 1. The topological polar surface area (TPSA) is 115 Å². The lowest BCUT2D eigenvalue weighted by atomic mass is 10.6. The Kier molecular flexibility index (Phi) is 2.86. The van der Waals surface area contributed by atoms with E-state index in [4.69, 9.17) is 5.73 Å². The van der Waals surface area contributed by atoms with Gasteiger partial charge in [-0.15, -0.1) is 10.2 Å². The first-order valence-corrected chi connectivity index (χ1v) is 5.34. The number of nitrogen functional groups attached to an aromatic ring is 1. The van der Waals surface area contributed by atoms with E-state index in [0.29, 0.717) is 16.7 Å². The molecule has 2 aromatic heterocycles. The highest BCUT2D eigenvalue weighted by molar-refractivity contribution is 7.98. The highest BCUT2D eigenvalue weighted by Gasteiger charge is 2.04. The van der Waals surface area contributed by atoms with E-state index >= 15 is 0 Å². The quantitative estimate of drug-likeness (QED) is 0.530. The number of rotatable bonds is 3. The molecule has 0 unspecified atom stereocenters. The lowest BCUT2D eigenvalue weighted by Gasteiger charge is -1.98. The molecule has 2 aromatic rings. The van der Waals surface area contributed by atoms with E-state index in [-0.39, 0.29) is 11.4 Å². The summed E-state index contributed by atoms with van der Waals surface area (Å²) in [5.74, 6) is 1.23. The zero-order chi connectivity index (χ0) is 11.5. The number of aromatic nitrogens is 6. The van der Waals surface area contributed by atoms with Crippen molar-refractivity contribution in [2.24, 2.45) is 7.05 Å². The van der Waals surface area contributed by atoms with Gasteiger partial charge in [-0.1, -0.05) is 11.8 Å². The summed E-state index contributed by atoms with van der Waals surface area (Å²) >= 11 is 1.29. The highest BCUT2D eigenvalue weighted by Crippen LogP contribution is 2.15. The minimum atomic E-state index is -0.276. The number of nitrogens with two attached hydrogens (primary N) is 1. The summed E-state index contributed by atoms with van der Waals surface area (Å²) in [6.07, 6.45) is 0. The fourth-order valence-electron chi connectivity index (χ4n) is 1.04. The third kappa shape index (κ3) is 2.57. The maximum atomic E-state index is 11.1. The highest BCUT2D eigenvalue weighted by atomic mass is 32.2. The van der Waals surface area contributed by atoms with Crippen molar-refractivity contribution in [1.82, 2.24) is 30.2 Å². The maximum absolute atomic E-state index is 11.1. The predicted molar refractivity (Wildman–Crippen MR) is 57.6 cm³/mol. The molecule has 0 saturated heterocycles. The lowest BCUT2D eigenvalue weighted by Crippen LogP contribution is -2.09. The Hall–Kier alpha value is -1.90. The molecule has 0 radical (unpaired) electrons. The average molecular weight is 239 g/mol. The summed E-state index contributed by atoms with van der Waals surface area (Å²) in [5, 5.41) is 11.9. The van der Waals surface area contributed by atoms with Crippen LogP contribution in [-0.4, -0.2) is 30.2 Å². The Bertz CT molecular complexity index is 548. The van der Waals surface area contributed by atoms with Gasteiger partial charge in [-0.2, -0.15) is 4.80 Å². The van der Waals surface area contributed by atoms with Gasteiger partial charge >= 0.3 is 0 Å². The van der Waals surface area contributed by atoms with Crippen LogP contribution in [0.5, 0.6) is 0 Å². The van der Waals surface area contributed by atoms with E-state index in [0.717, 1.165) is 0 Å². The molecule has 16 heavy (non-hydrogen) atoms. The Morgan fingerprint density at radius 1 is 1.62 bits per heavy atom. The van der Waals surface area contributed by atoms with Gasteiger partial charge in [0.25, 0.3) is 5.56 Å². The molecule has 0 saturated carbocycles. The van der Waals surface area contributed by atoms with Crippen LogP contribution in [0.4, 0.5) is 5.82 Å². The van der Waals surface area contributed by atoms with E-state index in [9.17, 15) is 4.79 Å². The van der Waals surface area contributed by atoms with Gasteiger partial charge in [0, 0.05) is 6.07 Å². The van der Waals surface area contributed by atoms with Crippen LogP contribution in [0.25, 0.3) is 0 Å². The minimum Gasteiger partial charge on any atom is -0.383 e. The van der Waals surface area contributed by atoms with Gasteiger partial charge < -0.3 is 10.7 Å². The fraction of sp³-hybridized carbons (Fsp3) is 0.286. The van der Waals surface area contributed by atoms with Gasteiger partial charge in [-0.3, -0.25) is 4.79 Å². The van der Waals surface area contributed by atoms with E-state index < -0.39 is 0 Å². The Labute approximate surface area is 94.3 Å². The number of aromatic amines is 1. The van der Waals surface area contributed by atoms with Crippen LogP contribution in [-0.2, 0) is 12.8 Å². The van der Waals surface area contributed by atoms with Crippen molar-refractivity contribution in [3.8, 4) is 0 Å². The van der Waals surface area contributed by atoms with Crippen molar-refractivity contribution in [3.63, 3.8) is 0 Å². The maximum Gasteiger partial charge on any atom is 0.253 e. The molecule has 3 N–H and O–H groups in total. The molecule has 0 aliphatic carbocycles. The molecule has 0 aliphatic rings. The van der Waals surface area contributed by atoms with E-state index in [1.54, 1.807) is 7.05 Å². The molecule has 0 amide bonds. The van der Waals surface area contributed by atoms with Crippen LogP contribution in [0.3, 0.4) is 0 Å². The van der Waals surface area contributed by atoms with Gasteiger partial charge in [0.05, 0.1) is 12.8 Å². The van der Waals surface area contributed by atoms with Crippen LogP contribution in [0, 0.1) is 0 Å². The van der Waals surface area contributed by atoms with Gasteiger partial charge in [0.1, 0.15) is 5.82 Å². The van der Waals surface area contributed by atoms with Gasteiger partial charge in [-0.05, 0) is 5.21 Å². The monoisotopic (exact) mass is 239 g/mol. The molecule has 0 fully saturated rings. The fourth-order valence-corrected chi connectivity index (χ4v) is 1.76. The summed E-state index contributed by atoms with van der Waals surface area (Å²) in [6.45, 7) is 0. The summed E-state index contributed by atoms with van der Waals surface area (Å²) in [4.78, 5) is 19.0. The van der Waals surface area contributed by atoms with Crippen molar-refractivity contribution in [3.05, 3.63) is 22.2 Å². The Balaban J connectivity index is 2.07. The largest absolute Gasteiger partial charge is 0.383 e. The van der Waals surface area contributed by atoms with Crippen LogP contribution in [0.1, 0.15) is 5.82 Å². The molecule has 2 rings (SSSR count). The molecule has 0 bridgehead atoms. The number of nitrogens with zero attached hydrogens (tertiary/aromatic N) is 5. The minimum absolute atomic E-state index is 0.193. The van der Waals surface area contributed by atoms with Crippen LogP contribution < -0.4 is 11.3 Å². The zero-order valence-electron chi connectivity index (χ0n) is 8.41. The Morgan fingerprint density at radius 2 is 2.44 bits per heavy atom. The summed E-state index contributed by atoms with van der Waals surface area (Å²) < 4.78 is 0. The Morgan fingerprint density at radius 3 is 3.06 bits per heavy atom. The van der Waals surface area contributed by atoms with Crippen molar-refractivity contribution in [2.75, 3.05) is 5.73 Å². The molecule has 2 heterocycles. The standard InChI is InChI=1S/C7H9N7OS/c1-14-12-5(11-13-14)3-16-7-9-4(8)2-6(15)10-7/h2H,3H2,1H3,(H3,8,9,10,15). The van der Waals surface area contributed by atoms with Crippen molar-refractivity contribution in [1.29, 1.82) is 0 Å². The number of hydrogen-bond acceptors (Lipinski definition) is 7. The molecule has 0 atom stereocenters. The number of tetrazole rings is 1. The second-order valence-corrected chi connectivity index (χ2v) is 3.92. The van der Waals surface area contributed by atoms with E-state index in [2.05, 4.69) is 25.4 Å². The third-order valence-electron chi connectivity index (χ3n) is 1.63. The first-order valence-electron chi connectivity index (χ1n) is 4.36. The molecule has 84 valence electrons. The zero-order valence-corrected chi connectivity index (χ0v) is 9.23. The predicted octanol–water partition coefficient (Wildman–Crippen LogP) is -0.832. The molecular weight excluding hydrogens is 230 g/mol. The SMILES string of the molecule is Cn1nnc(CSc2nc(N)cc(=O)[nH]2)n1. The average Bonchev–Trinajstić information content (AvgIpc) is 2.60.